The Morgan fingerprint density at radius 3 is 1.31 bits per heavy atom. The van der Waals surface area contributed by atoms with Crippen molar-refractivity contribution in [2.24, 2.45) is 21.1 Å². The number of rotatable bonds is 16. The van der Waals surface area contributed by atoms with Crippen molar-refractivity contribution >= 4 is 109 Å². The second kappa shape index (κ2) is 31.0. The predicted octanol–water partition coefficient (Wildman–Crippen LogP) is 16.0. The Hall–Kier alpha value is -10.4. The van der Waals surface area contributed by atoms with Crippen LogP contribution in [0.3, 0.4) is 0 Å². The smallest absolute Gasteiger partial charge is 0.471 e. The molecule has 0 fully saturated rings. The van der Waals surface area contributed by atoms with E-state index in [-0.39, 0.29) is 36.5 Å². The number of ketones is 1. The second-order valence-electron chi connectivity index (χ2n) is 23.1. The molecular weight excluding hydrogens is 1370 g/mol. The number of hydrogen-bond donors (Lipinski definition) is 5. The molecule has 0 saturated carbocycles. The van der Waals surface area contributed by atoms with Crippen LogP contribution in [0.4, 0.5) is 51.1 Å². The zero-order valence-electron chi connectivity index (χ0n) is 53.4. The number of amides is 3. The fourth-order valence-corrected chi connectivity index (χ4v) is 10.4. The highest BCUT2D eigenvalue weighted by Gasteiger charge is 2.39. The van der Waals surface area contributed by atoms with Crippen LogP contribution in [0.25, 0.3) is 66.9 Å². The first-order valence-corrected chi connectivity index (χ1v) is 30.6. The van der Waals surface area contributed by atoms with Gasteiger partial charge in [-0.25, -0.2) is 41.1 Å². The first-order valence-electron chi connectivity index (χ1n) is 29.5. The van der Waals surface area contributed by atoms with Gasteiger partial charge in [0.25, 0.3) is 24.7 Å². The highest BCUT2D eigenvalue weighted by molar-refractivity contribution is 6.31. The molecule has 0 atom stereocenters. The fraction of sp³-hybridized carbons (Fsp3) is 0.217. The summed E-state index contributed by atoms with van der Waals surface area (Å²) in [4.78, 5) is 78.1. The van der Waals surface area contributed by atoms with Crippen molar-refractivity contribution in [3.8, 4) is 33.8 Å². The number of carbonyl (C=O) groups excluding carboxylic acids is 4. The SMILES string of the molecule is CC(C)(F)C(=O)NCc1cnc(C(F)F)c(C(=O)O)c1.Cn1c(-c2cccc(Cl)c2)cc2nc(CC(=O)c3cc(CNC(=O)C(C)(C)F)cnc3C(F)F)ccc21.Cn1c(-c2cccc(Cl)c2)cc2nc(N)ccc21.Cn1c(-c2cccc(Cl)c2)cc2nc(NC(=O)C(F)(F)F)ccc21. The molecule has 6 N–H and O–H groups in total. The largest absolute Gasteiger partial charge is 0.478 e. The van der Waals surface area contributed by atoms with Crippen molar-refractivity contribution in [1.82, 2.24) is 49.3 Å². The van der Waals surface area contributed by atoms with Crippen LogP contribution in [0.15, 0.2) is 152 Å². The van der Waals surface area contributed by atoms with Gasteiger partial charge in [0.1, 0.15) is 23.0 Å². The van der Waals surface area contributed by atoms with Crippen LogP contribution in [0, 0.1) is 0 Å². The molecule has 0 aliphatic heterocycles. The highest BCUT2D eigenvalue weighted by atomic mass is 35.5. The minimum atomic E-state index is -4.96. The molecule has 3 aromatic carbocycles. The summed E-state index contributed by atoms with van der Waals surface area (Å²) < 4.78 is 122. The Kier molecular flexibility index (Phi) is 23.3. The van der Waals surface area contributed by atoms with Gasteiger partial charge < -0.3 is 40.5 Å². The standard InChI is InChI=1S/C27H24ClF3N4O2.C16H11ClF3N3O.C14H12ClN3.C12H13F3N2O3/c1-27(2,31)26(37)33-14-15-9-19(24(25(29)30)32-13-15)23(36)11-18-7-8-21-20(34-18)12-22(35(21)3)16-5-4-6-17(28)10-16;1-23-12-5-6-14(22-15(24)16(18,19)20)21-11(12)8-13(23)9-3-2-4-10(17)7-9;1-18-12-5-6-14(16)17-11(12)8-13(18)9-3-2-4-10(15)7-9;1-12(2,15)11(20)17-5-6-3-7(10(18)19)8(9(13)14)16-4-6/h4-10,12-13,25H,11,14H2,1-3H3,(H,33,37);2-8H,1H3,(H,21,22,24);2-8H,1H3,(H2,16,17);3-4,9H,5H2,1-2H3,(H,17,20)(H,18,19). The summed E-state index contributed by atoms with van der Waals surface area (Å²) in [6.45, 7) is 3.95. The van der Waals surface area contributed by atoms with E-state index in [9.17, 15) is 63.5 Å². The number of benzene rings is 3. The maximum Gasteiger partial charge on any atom is 0.471 e. The number of nitrogen functional groups attached to an aromatic ring is 1. The molecule has 30 heteroatoms. The maximum atomic E-state index is 13.8. The van der Waals surface area contributed by atoms with Gasteiger partial charge in [-0.1, -0.05) is 71.2 Å². The molecular formula is C69H60Cl3F9N12O6. The first kappa shape index (κ1) is 74.4. The van der Waals surface area contributed by atoms with Crippen LogP contribution in [0.5, 0.6) is 0 Å². The van der Waals surface area contributed by atoms with Crippen LogP contribution in [0.2, 0.25) is 15.1 Å². The number of pyridine rings is 5. The van der Waals surface area contributed by atoms with E-state index in [2.05, 4.69) is 40.1 Å². The minimum Gasteiger partial charge on any atom is -0.478 e. The van der Waals surface area contributed by atoms with Crippen LogP contribution >= 0.6 is 34.8 Å². The number of Topliss-reactive ketones (excluding diaryl/α,β-unsaturated/α-hetero) is 1. The Bertz CT molecular complexity index is 4860. The van der Waals surface area contributed by atoms with Crippen molar-refractivity contribution < 1.29 is 68.6 Å². The number of carboxylic acids is 1. The molecule has 516 valence electrons. The van der Waals surface area contributed by atoms with Crippen molar-refractivity contribution in [3.05, 3.63) is 206 Å². The summed E-state index contributed by atoms with van der Waals surface area (Å²) in [6.07, 6.45) is -9.04. The summed E-state index contributed by atoms with van der Waals surface area (Å²) in [7, 11) is 5.71. The number of halogens is 12. The minimum absolute atomic E-state index is 0.159. The van der Waals surface area contributed by atoms with Crippen LogP contribution in [-0.4, -0.2) is 90.7 Å². The molecule has 0 aliphatic rings. The molecule has 99 heavy (non-hydrogen) atoms. The van der Waals surface area contributed by atoms with Gasteiger partial charge in [-0.15, -0.1) is 0 Å². The number of nitrogens with zero attached hydrogens (tertiary/aromatic N) is 8. The van der Waals surface area contributed by atoms with E-state index in [0.29, 0.717) is 38.2 Å². The fourth-order valence-electron chi connectivity index (χ4n) is 9.85. The number of aryl methyl sites for hydroxylation is 3. The van der Waals surface area contributed by atoms with E-state index in [1.807, 2.05) is 109 Å². The lowest BCUT2D eigenvalue weighted by Crippen LogP contribution is -2.38. The number of aromatic carboxylic acids is 1. The molecule has 0 unspecified atom stereocenters. The van der Waals surface area contributed by atoms with E-state index in [4.69, 9.17) is 45.6 Å². The third-order valence-corrected chi connectivity index (χ3v) is 15.6. The molecule has 0 aliphatic carbocycles. The van der Waals surface area contributed by atoms with E-state index in [0.717, 1.165) is 107 Å². The van der Waals surface area contributed by atoms with Crippen LogP contribution in [-0.2, 0) is 55.0 Å². The average molecular weight is 1430 g/mol. The molecule has 11 aromatic rings. The quantitative estimate of drug-likeness (QED) is 0.0448. The summed E-state index contributed by atoms with van der Waals surface area (Å²) in [5, 5.41) is 17.1. The number of carboxylic acid groups (broad SMARTS) is 1. The lowest BCUT2D eigenvalue weighted by Gasteiger charge is -2.15. The molecule has 3 amide bonds. The molecule has 0 bridgehead atoms. The normalized spacial score (nSPS) is 11.6. The summed E-state index contributed by atoms with van der Waals surface area (Å²) in [6, 6.07) is 40.4. The third kappa shape index (κ3) is 18.8. The number of anilines is 2. The van der Waals surface area contributed by atoms with Gasteiger partial charge >= 0.3 is 18.1 Å². The molecule has 8 aromatic heterocycles. The second-order valence-corrected chi connectivity index (χ2v) is 24.4. The number of fused-ring (bicyclic) bond motifs is 3. The zero-order chi connectivity index (χ0) is 72.6. The first-order chi connectivity index (χ1) is 46.5. The summed E-state index contributed by atoms with van der Waals surface area (Å²) in [5.41, 5.74) is 10.1. The van der Waals surface area contributed by atoms with Gasteiger partial charge in [0.05, 0.1) is 62.2 Å². The number of carbonyl (C=O) groups is 5. The van der Waals surface area contributed by atoms with Gasteiger partial charge in [-0.05, 0) is 159 Å². The third-order valence-electron chi connectivity index (χ3n) is 14.9. The van der Waals surface area contributed by atoms with Crippen LogP contribution in [0.1, 0.15) is 89.5 Å². The predicted molar refractivity (Wildman–Crippen MR) is 360 cm³/mol. The highest BCUT2D eigenvalue weighted by Crippen LogP contribution is 2.33. The Morgan fingerprint density at radius 1 is 0.515 bits per heavy atom. The van der Waals surface area contributed by atoms with E-state index in [1.165, 1.54) is 12.1 Å². The molecule has 0 spiro atoms. The molecule has 11 rings (SSSR count). The van der Waals surface area contributed by atoms with Gasteiger partial charge in [0, 0.05) is 73.0 Å². The van der Waals surface area contributed by atoms with Crippen molar-refractivity contribution in [1.29, 1.82) is 0 Å². The Morgan fingerprint density at radius 2 is 0.909 bits per heavy atom. The summed E-state index contributed by atoms with van der Waals surface area (Å²) >= 11 is 18.1. The van der Waals surface area contributed by atoms with Crippen molar-refractivity contribution in [3.63, 3.8) is 0 Å². The van der Waals surface area contributed by atoms with Gasteiger partial charge in [-0.2, -0.15) is 13.2 Å². The van der Waals surface area contributed by atoms with E-state index >= 15 is 0 Å². The van der Waals surface area contributed by atoms with Gasteiger partial charge in [0.2, 0.25) is 0 Å². The molecule has 0 radical (unpaired) electrons. The molecule has 8 heterocycles. The summed E-state index contributed by atoms with van der Waals surface area (Å²) in [5.74, 6) is -5.59. The lowest BCUT2D eigenvalue weighted by molar-refractivity contribution is -0.167. The zero-order valence-corrected chi connectivity index (χ0v) is 55.7. The number of alkyl halides is 9. The number of nitrogens with two attached hydrogens (primary N) is 1. The topological polar surface area (TPSA) is 247 Å². The number of hydrogen-bond acceptors (Lipinski definition) is 11. The Balaban J connectivity index is 0.000000176. The Labute approximate surface area is 574 Å². The number of aromatic nitrogens is 8. The van der Waals surface area contributed by atoms with E-state index < -0.39 is 76.8 Å². The van der Waals surface area contributed by atoms with Crippen molar-refractivity contribution in [2.75, 3.05) is 11.1 Å². The van der Waals surface area contributed by atoms with Crippen LogP contribution < -0.4 is 21.7 Å². The monoisotopic (exact) mass is 1430 g/mol. The molecule has 18 nitrogen and oxygen atoms in total. The van der Waals surface area contributed by atoms with Gasteiger partial charge in [0.15, 0.2) is 17.1 Å². The average Bonchev–Trinajstić information content (AvgIpc) is 1.67. The van der Waals surface area contributed by atoms with Crippen molar-refractivity contribution in [2.45, 2.75) is 77.6 Å². The molecule has 0 saturated heterocycles. The lowest BCUT2D eigenvalue weighted by atomic mass is 10.0. The maximum absolute atomic E-state index is 13.8. The van der Waals surface area contributed by atoms with Gasteiger partial charge in [-0.3, -0.25) is 34.1 Å². The number of nitrogens with one attached hydrogen (secondary N) is 3. The van der Waals surface area contributed by atoms with E-state index in [1.54, 1.807) is 47.8 Å².